The molecule has 0 aromatic heterocycles. The molecule has 1 aliphatic rings. The lowest BCUT2D eigenvalue weighted by Gasteiger charge is -2.39. The van der Waals surface area contributed by atoms with E-state index < -0.39 is 8.32 Å². The lowest BCUT2D eigenvalue weighted by atomic mass is 9.89. The molecule has 0 saturated heterocycles. The lowest BCUT2D eigenvalue weighted by molar-refractivity contribution is -0.147. The third-order valence-electron chi connectivity index (χ3n) is 6.16. The number of esters is 1. The maximum atomic E-state index is 12.8. The van der Waals surface area contributed by atoms with Gasteiger partial charge in [-0.3, -0.25) is 9.59 Å². The summed E-state index contributed by atoms with van der Waals surface area (Å²) < 4.78 is 11.8. The average Bonchev–Trinajstić information content (AvgIpc) is 2.83. The van der Waals surface area contributed by atoms with Crippen LogP contribution in [0.5, 0.6) is 0 Å². The van der Waals surface area contributed by atoms with Gasteiger partial charge in [0, 0.05) is 24.7 Å². The summed E-state index contributed by atoms with van der Waals surface area (Å²) in [7, 11) is -1.94. The molecule has 1 saturated carbocycles. The Balaban J connectivity index is 2.71. The van der Waals surface area contributed by atoms with Gasteiger partial charge in [-0.05, 0) is 65.1 Å². The van der Waals surface area contributed by atoms with Crippen LogP contribution in [0.15, 0.2) is 23.8 Å². The van der Waals surface area contributed by atoms with Gasteiger partial charge >= 0.3 is 5.97 Å². The van der Waals surface area contributed by atoms with E-state index in [-0.39, 0.29) is 35.1 Å². The summed E-state index contributed by atoms with van der Waals surface area (Å²) in [5.41, 5.74) is 1.23. The number of rotatable bonds is 10. The fourth-order valence-electron chi connectivity index (χ4n) is 3.58. The first-order valence-electron chi connectivity index (χ1n) is 11.4. The van der Waals surface area contributed by atoms with E-state index in [1.807, 2.05) is 13.8 Å². The fourth-order valence-corrected chi connectivity index (χ4v) is 4.93. The SMILES string of the molecule is CC(C)=C[C@@H]1C(C/C=C\CCCC(=O)OC(C)C)C(=O)C[C@H]1O[Si](C)(C)C(C)(C)C. The highest BCUT2D eigenvalue weighted by Crippen LogP contribution is 2.43. The van der Waals surface area contributed by atoms with Gasteiger partial charge in [0.15, 0.2) is 8.32 Å². The molecule has 0 aromatic carbocycles. The molecule has 3 atom stereocenters. The second kappa shape index (κ2) is 11.4. The van der Waals surface area contributed by atoms with Gasteiger partial charge in [-0.1, -0.05) is 44.6 Å². The smallest absolute Gasteiger partial charge is 0.306 e. The van der Waals surface area contributed by atoms with E-state index in [4.69, 9.17) is 9.16 Å². The standard InChI is InChI=1S/C25H44O4Si/c1-18(2)16-21-20(14-12-10-11-13-15-24(27)28-19(3)4)22(26)17-23(21)29-30(8,9)25(5,6)7/h10,12,16,19-21,23H,11,13-15,17H2,1-9H3/b12-10-/t20?,21-,23-/m1/s1. The van der Waals surface area contributed by atoms with Crippen LogP contribution in [0.3, 0.4) is 0 Å². The molecule has 5 heteroatoms. The van der Waals surface area contributed by atoms with Gasteiger partial charge in [0.25, 0.3) is 0 Å². The van der Waals surface area contributed by atoms with Crippen LogP contribution in [0.25, 0.3) is 0 Å². The van der Waals surface area contributed by atoms with Crippen molar-refractivity contribution in [3.63, 3.8) is 0 Å². The molecular formula is C25H44O4Si. The van der Waals surface area contributed by atoms with E-state index >= 15 is 0 Å². The van der Waals surface area contributed by atoms with E-state index in [1.165, 1.54) is 5.57 Å². The van der Waals surface area contributed by atoms with Gasteiger partial charge < -0.3 is 9.16 Å². The molecule has 0 radical (unpaired) electrons. The Morgan fingerprint density at radius 2 is 1.83 bits per heavy atom. The van der Waals surface area contributed by atoms with E-state index in [1.54, 1.807) is 0 Å². The number of carbonyl (C=O) groups is 2. The molecule has 1 aliphatic carbocycles. The first kappa shape index (κ1) is 26.8. The van der Waals surface area contributed by atoms with Crippen LogP contribution in [-0.2, 0) is 18.8 Å². The number of Topliss-reactive ketones (excluding diaryl/α,β-unsaturated/α-hetero) is 1. The Morgan fingerprint density at radius 3 is 2.37 bits per heavy atom. The Morgan fingerprint density at radius 1 is 1.20 bits per heavy atom. The van der Waals surface area contributed by atoms with E-state index in [0.29, 0.717) is 18.6 Å². The van der Waals surface area contributed by atoms with Gasteiger partial charge in [0.1, 0.15) is 5.78 Å². The number of unbranched alkanes of at least 4 members (excludes halogenated alkanes) is 1. The maximum Gasteiger partial charge on any atom is 0.306 e. The van der Waals surface area contributed by atoms with Gasteiger partial charge in [0.2, 0.25) is 0 Å². The minimum Gasteiger partial charge on any atom is -0.463 e. The Hall–Kier alpha value is -1.20. The largest absolute Gasteiger partial charge is 0.463 e. The third-order valence-corrected chi connectivity index (χ3v) is 10.7. The first-order valence-corrected chi connectivity index (χ1v) is 14.4. The second-order valence-electron chi connectivity index (χ2n) is 10.7. The van der Waals surface area contributed by atoms with Crippen molar-refractivity contribution in [3.8, 4) is 0 Å². The molecule has 1 rings (SSSR count). The summed E-state index contributed by atoms with van der Waals surface area (Å²) in [5.74, 6) is 0.295. The Labute approximate surface area is 185 Å². The minimum absolute atomic E-state index is 0.0162. The number of carbonyl (C=O) groups excluding carboxylic acids is 2. The lowest BCUT2D eigenvalue weighted by Crippen LogP contribution is -2.45. The van der Waals surface area contributed by atoms with Crippen LogP contribution in [0, 0.1) is 11.8 Å². The first-order chi connectivity index (χ1) is 13.7. The van der Waals surface area contributed by atoms with Crippen LogP contribution in [-0.4, -0.2) is 32.3 Å². The van der Waals surface area contributed by atoms with E-state index in [0.717, 1.165) is 19.3 Å². The third kappa shape index (κ3) is 8.50. The number of ketones is 1. The number of hydrogen-bond acceptors (Lipinski definition) is 4. The number of ether oxygens (including phenoxy) is 1. The zero-order chi connectivity index (χ0) is 23.1. The van der Waals surface area contributed by atoms with Crippen LogP contribution >= 0.6 is 0 Å². The zero-order valence-corrected chi connectivity index (χ0v) is 21.7. The molecule has 0 aromatic rings. The van der Waals surface area contributed by atoms with Crippen molar-refractivity contribution < 1.29 is 18.8 Å². The maximum absolute atomic E-state index is 12.8. The molecule has 0 aliphatic heterocycles. The summed E-state index contributed by atoms with van der Waals surface area (Å²) in [6.45, 7) is 19.1. The quantitative estimate of drug-likeness (QED) is 0.167. The van der Waals surface area contributed by atoms with Gasteiger partial charge in [-0.15, -0.1) is 0 Å². The highest BCUT2D eigenvalue weighted by Gasteiger charge is 2.46. The molecule has 0 amide bonds. The normalized spacial score (nSPS) is 22.7. The van der Waals surface area contributed by atoms with Crippen molar-refractivity contribution in [2.75, 3.05) is 0 Å². The van der Waals surface area contributed by atoms with Crippen LogP contribution < -0.4 is 0 Å². The molecule has 0 N–H and O–H groups in total. The van der Waals surface area contributed by atoms with E-state index in [9.17, 15) is 9.59 Å². The minimum atomic E-state index is -1.94. The average molecular weight is 437 g/mol. The van der Waals surface area contributed by atoms with Crippen molar-refractivity contribution in [1.29, 1.82) is 0 Å². The second-order valence-corrected chi connectivity index (χ2v) is 15.4. The Bertz CT molecular complexity index is 636. The number of hydrogen-bond donors (Lipinski definition) is 0. The molecule has 172 valence electrons. The number of allylic oxidation sites excluding steroid dienone is 3. The van der Waals surface area contributed by atoms with E-state index in [2.05, 4.69) is 65.9 Å². The van der Waals surface area contributed by atoms with Crippen molar-refractivity contribution >= 4 is 20.1 Å². The fraction of sp³-hybridized carbons (Fsp3) is 0.760. The molecular weight excluding hydrogens is 392 g/mol. The Kier molecular flexibility index (Phi) is 10.2. The summed E-state index contributed by atoms with van der Waals surface area (Å²) in [6.07, 6.45) is 9.65. The molecule has 30 heavy (non-hydrogen) atoms. The molecule has 0 heterocycles. The van der Waals surface area contributed by atoms with Crippen LogP contribution in [0.2, 0.25) is 18.1 Å². The molecule has 1 unspecified atom stereocenters. The highest BCUT2D eigenvalue weighted by atomic mass is 28.4. The van der Waals surface area contributed by atoms with Crippen molar-refractivity contribution in [2.24, 2.45) is 11.8 Å². The monoisotopic (exact) mass is 436 g/mol. The molecule has 1 fully saturated rings. The predicted molar refractivity (Wildman–Crippen MR) is 127 cm³/mol. The molecule has 0 bridgehead atoms. The molecule has 0 spiro atoms. The van der Waals surface area contributed by atoms with Crippen molar-refractivity contribution in [2.45, 2.75) is 111 Å². The summed E-state index contributed by atoms with van der Waals surface area (Å²) in [5, 5.41) is 0.125. The van der Waals surface area contributed by atoms with Crippen LogP contribution in [0.1, 0.15) is 80.6 Å². The summed E-state index contributed by atoms with van der Waals surface area (Å²) in [6, 6.07) is 0. The van der Waals surface area contributed by atoms with Gasteiger partial charge in [0.05, 0.1) is 12.2 Å². The highest BCUT2D eigenvalue weighted by molar-refractivity contribution is 6.74. The summed E-state index contributed by atoms with van der Waals surface area (Å²) >= 11 is 0. The predicted octanol–water partition coefficient (Wildman–Crippen LogP) is 6.62. The zero-order valence-electron chi connectivity index (χ0n) is 20.7. The van der Waals surface area contributed by atoms with Crippen LogP contribution in [0.4, 0.5) is 0 Å². The van der Waals surface area contributed by atoms with Crippen molar-refractivity contribution in [3.05, 3.63) is 23.8 Å². The van der Waals surface area contributed by atoms with Gasteiger partial charge in [-0.25, -0.2) is 0 Å². The van der Waals surface area contributed by atoms with Crippen molar-refractivity contribution in [1.82, 2.24) is 0 Å². The summed E-state index contributed by atoms with van der Waals surface area (Å²) in [4.78, 5) is 24.4. The molecule has 4 nitrogen and oxygen atoms in total. The topological polar surface area (TPSA) is 52.6 Å². The van der Waals surface area contributed by atoms with Gasteiger partial charge in [-0.2, -0.15) is 0 Å².